The van der Waals surface area contributed by atoms with E-state index in [1.54, 1.807) is 0 Å². The zero-order chi connectivity index (χ0) is 13.8. The number of benzene rings is 1. The van der Waals surface area contributed by atoms with Crippen molar-refractivity contribution in [3.8, 4) is 0 Å². The van der Waals surface area contributed by atoms with Gasteiger partial charge in [0.1, 0.15) is 0 Å². The van der Waals surface area contributed by atoms with Gasteiger partial charge in [-0.2, -0.15) is 0 Å². The van der Waals surface area contributed by atoms with Gasteiger partial charge in [-0.05, 0) is 31.2 Å². The van der Waals surface area contributed by atoms with E-state index in [1.807, 2.05) is 42.2 Å². The highest BCUT2D eigenvalue weighted by Crippen LogP contribution is 2.26. The number of hydrogen-bond acceptors (Lipinski definition) is 2. The molecule has 0 bridgehead atoms. The first-order chi connectivity index (χ1) is 9.13. The van der Waals surface area contributed by atoms with Crippen LogP contribution in [0.4, 0.5) is 0 Å². The highest BCUT2D eigenvalue weighted by molar-refractivity contribution is 5.84. The van der Waals surface area contributed by atoms with Crippen LogP contribution in [-0.2, 0) is 4.79 Å². The Labute approximate surface area is 115 Å². The Hall–Kier alpha value is -1.35. The van der Waals surface area contributed by atoms with E-state index in [2.05, 4.69) is 6.92 Å². The summed E-state index contributed by atoms with van der Waals surface area (Å²) in [7, 11) is 0. The van der Waals surface area contributed by atoms with Gasteiger partial charge >= 0.3 is 0 Å². The van der Waals surface area contributed by atoms with Crippen LogP contribution < -0.4 is 5.73 Å². The van der Waals surface area contributed by atoms with E-state index >= 15 is 0 Å². The van der Waals surface area contributed by atoms with Gasteiger partial charge in [0.25, 0.3) is 0 Å². The van der Waals surface area contributed by atoms with Crippen LogP contribution in [0.3, 0.4) is 0 Å². The second-order valence-corrected chi connectivity index (χ2v) is 5.56. The molecular formula is C16H24N2O. The van der Waals surface area contributed by atoms with Crippen molar-refractivity contribution in [1.29, 1.82) is 0 Å². The lowest BCUT2D eigenvalue weighted by molar-refractivity contribution is -0.132. The molecule has 1 fully saturated rings. The zero-order valence-electron chi connectivity index (χ0n) is 11.9. The highest BCUT2D eigenvalue weighted by Gasteiger charge is 2.32. The van der Waals surface area contributed by atoms with Gasteiger partial charge in [0, 0.05) is 19.1 Å². The fourth-order valence-corrected chi connectivity index (χ4v) is 2.88. The molecule has 0 saturated carbocycles. The minimum Gasteiger partial charge on any atom is -0.342 e. The molecule has 1 aliphatic rings. The van der Waals surface area contributed by atoms with Gasteiger partial charge in [0.2, 0.25) is 5.91 Å². The van der Waals surface area contributed by atoms with Gasteiger partial charge in [-0.1, -0.05) is 37.3 Å². The van der Waals surface area contributed by atoms with Crippen LogP contribution in [0.15, 0.2) is 30.3 Å². The van der Waals surface area contributed by atoms with Crippen LogP contribution >= 0.6 is 0 Å². The molecule has 3 unspecified atom stereocenters. The standard InChI is InChI=1S/C16H24N2O/c1-3-15(13-7-5-4-6-8-13)16(19)18-10-9-14(11-18)12(2)17/h4-8,12,14-15H,3,9-11,17H2,1-2H3. The predicted molar refractivity (Wildman–Crippen MR) is 77.8 cm³/mol. The first kappa shape index (κ1) is 14.1. The number of nitrogens with two attached hydrogens (primary N) is 1. The number of hydrogen-bond donors (Lipinski definition) is 1. The van der Waals surface area contributed by atoms with Gasteiger partial charge in [0.05, 0.1) is 5.92 Å². The topological polar surface area (TPSA) is 46.3 Å². The van der Waals surface area contributed by atoms with Gasteiger partial charge in [0.15, 0.2) is 0 Å². The van der Waals surface area contributed by atoms with Crippen molar-refractivity contribution in [2.24, 2.45) is 11.7 Å². The average molecular weight is 260 g/mol. The maximum absolute atomic E-state index is 12.6. The number of carbonyl (C=O) groups is 1. The van der Waals surface area contributed by atoms with Crippen molar-refractivity contribution in [3.05, 3.63) is 35.9 Å². The lowest BCUT2D eigenvalue weighted by atomic mass is 9.95. The van der Waals surface area contributed by atoms with Crippen molar-refractivity contribution in [1.82, 2.24) is 4.90 Å². The quantitative estimate of drug-likeness (QED) is 0.903. The van der Waals surface area contributed by atoms with Crippen LogP contribution in [0.5, 0.6) is 0 Å². The predicted octanol–water partition coefficient (Wildman–Crippen LogP) is 2.38. The number of carbonyl (C=O) groups excluding carboxylic acids is 1. The Bertz CT molecular complexity index is 416. The molecular weight excluding hydrogens is 236 g/mol. The first-order valence-corrected chi connectivity index (χ1v) is 7.22. The van der Waals surface area contributed by atoms with Crippen molar-refractivity contribution in [2.45, 2.75) is 38.6 Å². The Kier molecular flexibility index (Phi) is 4.59. The molecule has 3 heteroatoms. The van der Waals surface area contributed by atoms with Crippen molar-refractivity contribution in [3.63, 3.8) is 0 Å². The molecule has 2 N–H and O–H groups in total. The van der Waals surface area contributed by atoms with E-state index in [9.17, 15) is 4.79 Å². The summed E-state index contributed by atoms with van der Waals surface area (Å²) < 4.78 is 0. The van der Waals surface area contributed by atoms with Gasteiger partial charge < -0.3 is 10.6 Å². The summed E-state index contributed by atoms with van der Waals surface area (Å²) >= 11 is 0. The van der Waals surface area contributed by atoms with Crippen LogP contribution in [0.2, 0.25) is 0 Å². The molecule has 1 saturated heterocycles. The average Bonchev–Trinajstić information content (AvgIpc) is 2.90. The SMILES string of the molecule is CCC(C(=O)N1CCC(C(C)N)C1)c1ccccc1. The maximum atomic E-state index is 12.6. The highest BCUT2D eigenvalue weighted by atomic mass is 16.2. The van der Waals surface area contributed by atoms with E-state index < -0.39 is 0 Å². The Morgan fingerprint density at radius 1 is 1.42 bits per heavy atom. The third-order valence-electron chi connectivity index (χ3n) is 4.19. The van der Waals surface area contributed by atoms with Crippen LogP contribution in [0.25, 0.3) is 0 Å². The minimum absolute atomic E-state index is 0.00645. The summed E-state index contributed by atoms with van der Waals surface area (Å²) in [4.78, 5) is 14.6. The molecule has 104 valence electrons. The van der Waals surface area contributed by atoms with Crippen molar-refractivity contribution < 1.29 is 4.79 Å². The summed E-state index contributed by atoms with van der Waals surface area (Å²) in [5, 5.41) is 0. The molecule has 1 aromatic carbocycles. The van der Waals surface area contributed by atoms with Crippen LogP contribution in [0.1, 0.15) is 38.2 Å². The molecule has 1 aromatic rings. The molecule has 3 nitrogen and oxygen atoms in total. The zero-order valence-corrected chi connectivity index (χ0v) is 11.9. The maximum Gasteiger partial charge on any atom is 0.230 e. The molecule has 1 amide bonds. The van der Waals surface area contributed by atoms with Crippen molar-refractivity contribution >= 4 is 5.91 Å². The molecule has 0 aliphatic carbocycles. The summed E-state index contributed by atoms with van der Waals surface area (Å²) in [6.45, 7) is 5.79. The molecule has 0 aromatic heterocycles. The van der Waals surface area contributed by atoms with E-state index in [1.165, 1.54) is 0 Å². The number of rotatable bonds is 4. The van der Waals surface area contributed by atoms with Gasteiger partial charge in [-0.15, -0.1) is 0 Å². The Balaban J connectivity index is 2.06. The normalized spacial score (nSPS) is 22.3. The summed E-state index contributed by atoms with van der Waals surface area (Å²) in [5.74, 6) is 0.710. The monoisotopic (exact) mass is 260 g/mol. The summed E-state index contributed by atoms with van der Waals surface area (Å²) in [6.07, 6.45) is 1.89. The third kappa shape index (κ3) is 3.16. The van der Waals surface area contributed by atoms with Crippen LogP contribution in [0, 0.1) is 5.92 Å². The summed E-state index contributed by atoms with van der Waals surface area (Å²) in [5.41, 5.74) is 7.07. The fourth-order valence-electron chi connectivity index (χ4n) is 2.88. The minimum atomic E-state index is -0.00645. The Morgan fingerprint density at radius 2 is 2.11 bits per heavy atom. The van der Waals surface area contributed by atoms with Gasteiger partial charge in [-0.25, -0.2) is 0 Å². The van der Waals surface area contributed by atoms with E-state index in [0.29, 0.717) is 5.92 Å². The molecule has 0 radical (unpaired) electrons. The van der Waals surface area contributed by atoms with Crippen LogP contribution in [-0.4, -0.2) is 29.9 Å². The van der Waals surface area contributed by atoms with E-state index in [-0.39, 0.29) is 17.9 Å². The fraction of sp³-hybridized carbons (Fsp3) is 0.562. The second-order valence-electron chi connectivity index (χ2n) is 5.56. The molecule has 1 aliphatic heterocycles. The molecule has 1 heterocycles. The van der Waals surface area contributed by atoms with E-state index in [0.717, 1.165) is 31.5 Å². The van der Waals surface area contributed by atoms with E-state index in [4.69, 9.17) is 5.73 Å². The second kappa shape index (κ2) is 6.20. The molecule has 0 spiro atoms. The van der Waals surface area contributed by atoms with Gasteiger partial charge in [-0.3, -0.25) is 4.79 Å². The first-order valence-electron chi connectivity index (χ1n) is 7.22. The summed E-state index contributed by atoms with van der Waals surface area (Å²) in [6, 6.07) is 10.3. The third-order valence-corrected chi connectivity index (χ3v) is 4.19. The molecule has 2 rings (SSSR count). The Morgan fingerprint density at radius 3 is 2.63 bits per heavy atom. The lowest BCUT2D eigenvalue weighted by Crippen LogP contribution is -2.35. The largest absolute Gasteiger partial charge is 0.342 e. The van der Waals surface area contributed by atoms with Crippen molar-refractivity contribution in [2.75, 3.05) is 13.1 Å². The molecule has 3 atom stereocenters. The number of nitrogens with zero attached hydrogens (tertiary/aromatic N) is 1. The smallest absolute Gasteiger partial charge is 0.230 e. The number of likely N-dealkylation sites (tertiary alicyclic amines) is 1. The number of amides is 1. The lowest BCUT2D eigenvalue weighted by Gasteiger charge is -2.23. The molecule has 19 heavy (non-hydrogen) atoms.